The summed E-state index contributed by atoms with van der Waals surface area (Å²) in [5, 5.41) is 9.31. The average molecular weight is 198 g/mol. The number of aromatic hydroxyl groups is 1. The van der Waals surface area contributed by atoms with Crippen LogP contribution in [-0.4, -0.2) is 21.7 Å². The lowest BCUT2D eigenvalue weighted by Gasteiger charge is -2.10. The van der Waals surface area contributed by atoms with E-state index >= 15 is 0 Å². The van der Waals surface area contributed by atoms with E-state index in [-0.39, 0.29) is 23.1 Å². The van der Waals surface area contributed by atoms with E-state index in [9.17, 15) is 9.90 Å². The van der Waals surface area contributed by atoms with Crippen molar-refractivity contribution >= 4 is 0 Å². The van der Waals surface area contributed by atoms with Gasteiger partial charge in [-0.05, 0) is 20.8 Å². The molecule has 0 spiro atoms. The third-order valence-corrected chi connectivity index (χ3v) is 1.95. The lowest BCUT2D eigenvalue weighted by Crippen LogP contribution is -2.16. The molecule has 0 aliphatic heterocycles. The van der Waals surface area contributed by atoms with Crippen LogP contribution in [-0.2, 0) is 4.74 Å². The Kier molecular flexibility index (Phi) is 3.24. The molecule has 0 aromatic carbocycles. The zero-order valence-electron chi connectivity index (χ0n) is 8.50. The number of nitrogens with zero attached hydrogens (tertiary/aromatic N) is 1. The Hall–Kier alpha value is -1.36. The van der Waals surface area contributed by atoms with Crippen molar-refractivity contribution < 1.29 is 9.84 Å². The second-order valence-electron chi connectivity index (χ2n) is 3.00. The normalized spacial score (nSPS) is 12.8. The number of H-pyrrole nitrogens is 1. The first-order valence-electron chi connectivity index (χ1n) is 4.47. The molecular formula is C9H14N2O3. The van der Waals surface area contributed by atoms with Crippen LogP contribution in [0.2, 0.25) is 0 Å². The third-order valence-electron chi connectivity index (χ3n) is 1.95. The van der Waals surface area contributed by atoms with Gasteiger partial charge in [0.15, 0.2) is 0 Å². The summed E-state index contributed by atoms with van der Waals surface area (Å²) in [4.78, 5) is 17.6. The summed E-state index contributed by atoms with van der Waals surface area (Å²) in [6.45, 7) is 5.65. The Balaban J connectivity index is 3.06. The quantitative estimate of drug-likeness (QED) is 0.756. The second-order valence-corrected chi connectivity index (χ2v) is 3.00. The van der Waals surface area contributed by atoms with Gasteiger partial charge in [-0.2, -0.15) is 4.98 Å². The lowest BCUT2D eigenvalue weighted by molar-refractivity contribution is 0.0693. The van der Waals surface area contributed by atoms with Gasteiger partial charge in [0.2, 0.25) is 5.88 Å². The molecule has 1 heterocycles. The van der Waals surface area contributed by atoms with E-state index < -0.39 is 0 Å². The molecule has 0 radical (unpaired) electrons. The molecule has 0 aliphatic rings. The molecule has 1 rings (SSSR count). The van der Waals surface area contributed by atoms with Gasteiger partial charge in [0.05, 0.1) is 5.56 Å². The largest absolute Gasteiger partial charge is 0.493 e. The highest BCUT2D eigenvalue weighted by Gasteiger charge is 2.11. The van der Waals surface area contributed by atoms with E-state index in [0.29, 0.717) is 12.4 Å². The Labute approximate surface area is 81.8 Å². The van der Waals surface area contributed by atoms with Crippen LogP contribution in [0.15, 0.2) is 4.79 Å². The summed E-state index contributed by atoms with van der Waals surface area (Å²) < 4.78 is 5.23. The van der Waals surface area contributed by atoms with E-state index in [1.54, 1.807) is 6.92 Å². The zero-order chi connectivity index (χ0) is 10.7. The molecule has 0 aliphatic carbocycles. The maximum Gasteiger partial charge on any atom is 0.257 e. The van der Waals surface area contributed by atoms with Gasteiger partial charge in [0, 0.05) is 6.61 Å². The number of aromatic amines is 1. The fourth-order valence-electron chi connectivity index (χ4n) is 1.06. The van der Waals surface area contributed by atoms with Crippen LogP contribution < -0.4 is 5.56 Å². The highest BCUT2D eigenvalue weighted by atomic mass is 16.5. The summed E-state index contributed by atoms with van der Waals surface area (Å²) in [6, 6.07) is 0. The maximum atomic E-state index is 11.3. The smallest absolute Gasteiger partial charge is 0.257 e. The molecule has 0 amide bonds. The highest BCUT2D eigenvalue weighted by Crippen LogP contribution is 2.14. The van der Waals surface area contributed by atoms with Crippen molar-refractivity contribution in [1.29, 1.82) is 0 Å². The molecule has 1 atom stereocenters. The van der Waals surface area contributed by atoms with Crippen molar-refractivity contribution in [3.8, 4) is 5.88 Å². The zero-order valence-corrected chi connectivity index (χ0v) is 8.50. The monoisotopic (exact) mass is 198 g/mol. The Bertz CT molecular complexity index is 373. The first-order valence-corrected chi connectivity index (χ1v) is 4.47. The predicted octanol–water partition coefficient (Wildman–Crippen LogP) is 0.881. The van der Waals surface area contributed by atoms with E-state index in [1.807, 2.05) is 6.92 Å². The number of aromatic nitrogens is 2. The van der Waals surface area contributed by atoms with Crippen molar-refractivity contribution in [3.05, 3.63) is 21.7 Å². The maximum absolute atomic E-state index is 11.3. The molecule has 14 heavy (non-hydrogen) atoms. The fourth-order valence-corrected chi connectivity index (χ4v) is 1.06. The van der Waals surface area contributed by atoms with Crippen LogP contribution in [0.25, 0.3) is 0 Å². The molecule has 5 nitrogen and oxygen atoms in total. The van der Waals surface area contributed by atoms with Crippen LogP contribution in [0.3, 0.4) is 0 Å². The summed E-state index contributed by atoms with van der Waals surface area (Å²) in [5.41, 5.74) is -0.114. The van der Waals surface area contributed by atoms with Crippen molar-refractivity contribution in [2.45, 2.75) is 26.9 Å². The average Bonchev–Trinajstić information content (AvgIpc) is 2.13. The van der Waals surface area contributed by atoms with Crippen LogP contribution in [0.5, 0.6) is 5.88 Å². The molecule has 1 unspecified atom stereocenters. The van der Waals surface area contributed by atoms with Crippen LogP contribution in [0.4, 0.5) is 0 Å². The SMILES string of the molecule is CCOC(C)c1nc(O)c(C)c(=O)[nH]1. The third kappa shape index (κ3) is 2.11. The van der Waals surface area contributed by atoms with Gasteiger partial charge in [-0.3, -0.25) is 4.79 Å². The predicted molar refractivity (Wildman–Crippen MR) is 51.3 cm³/mol. The molecule has 78 valence electrons. The van der Waals surface area contributed by atoms with Gasteiger partial charge in [-0.15, -0.1) is 0 Å². The molecule has 5 heteroatoms. The summed E-state index contributed by atoms with van der Waals surface area (Å²) >= 11 is 0. The van der Waals surface area contributed by atoms with Crippen molar-refractivity contribution in [1.82, 2.24) is 9.97 Å². The summed E-state index contributed by atoms with van der Waals surface area (Å²) in [6.07, 6.45) is -0.320. The van der Waals surface area contributed by atoms with Gasteiger partial charge < -0.3 is 14.8 Å². The number of rotatable bonds is 3. The minimum Gasteiger partial charge on any atom is -0.493 e. The van der Waals surface area contributed by atoms with Crippen LogP contribution in [0.1, 0.15) is 31.3 Å². The molecule has 1 aromatic heterocycles. The molecule has 1 aromatic rings. The van der Waals surface area contributed by atoms with Gasteiger partial charge in [0.25, 0.3) is 5.56 Å². The van der Waals surface area contributed by atoms with Gasteiger partial charge >= 0.3 is 0 Å². The van der Waals surface area contributed by atoms with Gasteiger partial charge in [0.1, 0.15) is 11.9 Å². The van der Waals surface area contributed by atoms with Crippen molar-refractivity contribution in [3.63, 3.8) is 0 Å². The standard InChI is InChI=1S/C9H14N2O3/c1-4-14-6(3)7-10-8(12)5(2)9(13)11-7/h6H,4H2,1-3H3,(H2,10,11,12,13). The topological polar surface area (TPSA) is 75.2 Å². The fraction of sp³-hybridized carbons (Fsp3) is 0.556. The Morgan fingerprint density at radius 3 is 2.79 bits per heavy atom. The second kappa shape index (κ2) is 4.23. The first kappa shape index (κ1) is 10.7. The van der Waals surface area contributed by atoms with E-state index in [2.05, 4.69) is 9.97 Å². The van der Waals surface area contributed by atoms with E-state index in [4.69, 9.17) is 4.74 Å². The van der Waals surface area contributed by atoms with Crippen molar-refractivity contribution in [2.75, 3.05) is 6.61 Å². The minimum atomic E-state index is -0.334. The van der Waals surface area contributed by atoms with Crippen LogP contribution >= 0.6 is 0 Å². The summed E-state index contributed by atoms with van der Waals surface area (Å²) in [7, 11) is 0. The summed E-state index contributed by atoms with van der Waals surface area (Å²) in [5.74, 6) is 0.107. The highest BCUT2D eigenvalue weighted by molar-refractivity contribution is 5.20. The van der Waals surface area contributed by atoms with Gasteiger partial charge in [-0.25, -0.2) is 0 Å². The van der Waals surface area contributed by atoms with Gasteiger partial charge in [-0.1, -0.05) is 0 Å². The van der Waals surface area contributed by atoms with Crippen LogP contribution in [0, 0.1) is 6.92 Å². The molecule has 0 bridgehead atoms. The molecular weight excluding hydrogens is 184 g/mol. The Morgan fingerprint density at radius 1 is 1.64 bits per heavy atom. The minimum absolute atomic E-state index is 0.220. The number of hydrogen-bond acceptors (Lipinski definition) is 4. The van der Waals surface area contributed by atoms with E-state index in [1.165, 1.54) is 6.92 Å². The lowest BCUT2D eigenvalue weighted by atomic mass is 10.3. The molecule has 0 saturated carbocycles. The Morgan fingerprint density at radius 2 is 2.29 bits per heavy atom. The molecule has 2 N–H and O–H groups in total. The van der Waals surface area contributed by atoms with Crippen molar-refractivity contribution in [2.24, 2.45) is 0 Å². The number of hydrogen-bond donors (Lipinski definition) is 2. The molecule has 0 saturated heterocycles. The molecule has 0 fully saturated rings. The van der Waals surface area contributed by atoms with E-state index in [0.717, 1.165) is 0 Å². The number of nitrogens with one attached hydrogen (secondary N) is 1. The first-order chi connectivity index (χ1) is 6.56. The number of ether oxygens (including phenoxy) is 1.